The molecule has 2 aromatic rings. The molecule has 0 saturated heterocycles. The van der Waals surface area contributed by atoms with Crippen molar-refractivity contribution >= 4 is 23.7 Å². The van der Waals surface area contributed by atoms with Crippen LogP contribution in [-0.2, 0) is 27.2 Å². The molecule has 2 rings (SSSR count). The lowest BCUT2D eigenvalue weighted by molar-refractivity contribution is -0.130. The number of hydrogen-bond acceptors (Lipinski definition) is 6. The maximum atomic E-state index is 13.4. The van der Waals surface area contributed by atoms with Crippen LogP contribution in [0.5, 0.6) is 5.75 Å². The van der Waals surface area contributed by atoms with Crippen molar-refractivity contribution in [3.8, 4) is 5.75 Å². The zero-order valence-corrected chi connectivity index (χ0v) is 21.5. The average Bonchev–Trinajstić information content (AvgIpc) is 2.87. The molecule has 3 atom stereocenters. The molecular weight excluding hydrogens is 486 g/mol. The van der Waals surface area contributed by atoms with Crippen molar-refractivity contribution in [1.82, 2.24) is 10.6 Å². The van der Waals surface area contributed by atoms with Crippen LogP contribution in [0.4, 0.5) is 0 Å². The van der Waals surface area contributed by atoms with Gasteiger partial charge in [0.25, 0.3) is 0 Å². The molecule has 0 bridgehead atoms. The third-order valence-corrected chi connectivity index (χ3v) is 5.95. The molecule has 3 amide bonds. The number of phenolic OH excluding ortho intramolecular Hbond substituents is 1. The molecule has 3 unspecified atom stereocenters. The number of aliphatic imine (C=N–C) groups is 1. The fraction of sp³-hybridized carbons (Fsp3) is 0.407. The van der Waals surface area contributed by atoms with Gasteiger partial charge in [0.2, 0.25) is 17.7 Å². The summed E-state index contributed by atoms with van der Waals surface area (Å²) in [6, 6.07) is 14.0. The maximum Gasteiger partial charge on any atom is 0.242 e. The van der Waals surface area contributed by atoms with Crippen LogP contribution in [0.15, 0.2) is 59.6 Å². The van der Waals surface area contributed by atoms with Gasteiger partial charge in [0.05, 0.1) is 6.04 Å². The first-order valence-corrected chi connectivity index (χ1v) is 12.7. The number of phenols is 1. The van der Waals surface area contributed by atoms with E-state index >= 15 is 0 Å². The van der Waals surface area contributed by atoms with Crippen molar-refractivity contribution in [3.63, 3.8) is 0 Å². The van der Waals surface area contributed by atoms with Crippen molar-refractivity contribution in [3.05, 3.63) is 65.7 Å². The second-order valence-corrected chi connectivity index (χ2v) is 9.24. The van der Waals surface area contributed by atoms with E-state index in [-0.39, 0.29) is 36.5 Å². The number of rotatable bonds is 16. The lowest BCUT2D eigenvalue weighted by atomic mass is 9.99. The summed E-state index contributed by atoms with van der Waals surface area (Å²) in [7, 11) is 0. The molecule has 0 heterocycles. The summed E-state index contributed by atoms with van der Waals surface area (Å²) in [5.41, 5.74) is 24.0. The van der Waals surface area contributed by atoms with Gasteiger partial charge in [-0.25, -0.2) is 0 Å². The Hall–Kier alpha value is -4.12. The first kappa shape index (κ1) is 30.1. The first-order valence-electron chi connectivity index (χ1n) is 12.7. The summed E-state index contributed by atoms with van der Waals surface area (Å²) in [5, 5.41) is 15.3. The Labute approximate surface area is 223 Å². The quantitative estimate of drug-likeness (QED) is 0.0916. The normalized spacial score (nSPS) is 13.1. The molecule has 11 heteroatoms. The number of carbonyl (C=O) groups excluding carboxylic acids is 3. The highest BCUT2D eigenvalue weighted by Gasteiger charge is 2.25. The van der Waals surface area contributed by atoms with Crippen LogP contribution >= 0.6 is 0 Å². The highest BCUT2D eigenvalue weighted by Crippen LogP contribution is 2.12. The lowest BCUT2D eigenvalue weighted by Gasteiger charge is -2.25. The topological polar surface area (TPSA) is 212 Å². The minimum absolute atomic E-state index is 0.0525. The van der Waals surface area contributed by atoms with Gasteiger partial charge in [-0.05, 0) is 61.8 Å². The number of hydrogen-bond donors (Lipinski definition) is 7. The summed E-state index contributed by atoms with van der Waals surface area (Å²) < 4.78 is 0. The third-order valence-electron chi connectivity index (χ3n) is 5.95. The molecule has 0 aliphatic carbocycles. The first-order chi connectivity index (χ1) is 18.1. The van der Waals surface area contributed by atoms with Crippen LogP contribution in [0.3, 0.4) is 0 Å². The number of primary amides is 1. The fourth-order valence-electron chi connectivity index (χ4n) is 3.98. The van der Waals surface area contributed by atoms with Crippen molar-refractivity contribution in [2.24, 2.45) is 27.9 Å². The number of carbonyl (C=O) groups is 3. The van der Waals surface area contributed by atoms with Crippen LogP contribution in [0, 0.1) is 0 Å². The standard InChI is InChI=1S/C27H39N7O4/c28-22(17-19-11-13-21(35)14-12-19)25(37)34-23(9-5-15-32-27(30)31)26(38)33-20(8-4-10-24(29)36)16-18-6-2-1-3-7-18/h1-3,6-7,11-14,20,22-23,35H,4-5,8-10,15-17,28H2,(H2,29,36)(H,33,38)(H,34,37)(H4,30,31,32). The van der Waals surface area contributed by atoms with Gasteiger partial charge in [0.15, 0.2) is 5.96 Å². The molecule has 38 heavy (non-hydrogen) atoms. The summed E-state index contributed by atoms with van der Waals surface area (Å²) >= 11 is 0. The minimum atomic E-state index is -0.900. The number of nitrogens with one attached hydrogen (secondary N) is 2. The largest absolute Gasteiger partial charge is 0.508 e. The molecule has 0 aromatic heterocycles. The summed E-state index contributed by atoms with van der Waals surface area (Å²) in [5.74, 6) is -1.18. The second kappa shape index (κ2) is 15.9. The lowest BCUT2D eigenvalue weighted by Crippen LogP contribution is -2.54. The van der Waals surface area contributed by atoms with Gasteiger partial charge in [0.1, 0.15) is 11.8 Å². The molecule has 0 saturated carbocycles. The fourth-order valence-corrected chi connectivity index (χ4v) is 3.98. The predicted molar refractivity (Wildman–Crippen MR) is 147 cm³/mol. The van der Waals surface area contributed by atoms with E-state index in [2.05, 4.69) is 15.6 Å². The molecule has 2 aromatic carbocycles. The number of amides is 3. The molecule has 0 aliphatic heterocycles. The van der Waals surface area contributed by atoms with Gasteiger partial charge in [-0.15, -0.1) is 0 Å². The maximum absolute atomic E-state index is 13.4. The van der Waals surface area contributed by atoms with Crippen molar-refractivity contribution in [1.29, 1.82) is 0 Å². The number of nitrogens with two attached hydrogens (primary N) is 4. The SMILES string of the molecule is NC(=O)CCCC(Cc1ccccc1)NC(=O)C(CCCN=C(N)N)NC(=O)C(N)Cc1ccc(O)cc1. The van der Waals surface area contributed by atoms with Crippen LogP contribution in [0.25, 0.3) is 0 Å². The second-order valence-electron chi connectivity index (χ2n) is 9.24. The smallest absolute Gasteiger partial charge is 0.242 e. The van der Waals surface area contributed by atoms with E-state index in [1.165, 1.54) is 12.1 Å². The van der Waals surface area contributed by atoms with Gasteiger partial charge >= 0.3 is 0 Å². The van der Waals surface area contributed by atoms with Gasteiger partial charge in [-0.1, -0.05) is 42.5 Å². The van der Waals surface area contributed by atoms with E-state index in [1.54, 1.807) is 12.1 Å². The van der Waals surface area contributed by atoms with E-state index in [0.29, 0.717) is 38.6 Å². The molecule has 0 fully saturated rings. The van der Waals surface area contributed by atoms with Crippen LogP contribution in [0.2, 0.25) is 0 Å². The Kier molecular flexibility index (Phi) is 12.6. The van der Waals surface area contributed by atoms with Gasteiger partial charge in [0, 0.05) is 19.0 Å². The van der Waals surface area contributed by atoms with Gasteiger partial charge in [-0.2, -0.15) is 0 Å². The Balaban J connectivity index is 2.10. The molecule has 0 spiro atoms. The number of aromatic hydroxyl groups is 1. The molecular formula is C27H39N7O4. The molecule has 11 N–H and O–H groups in total. The monoisotopic (exact) mass is 525 g/mol. The molecule has 0 radical (unpaired) electrons. The molecule has 0 aliphatic rings. The van der Waals surface area contributed by atoms with Crippen LogP contribution < -0.4 is 33.6 Å². The van der Waals surface area contributed by atoms with Crippen molar-refractivity contribution in [2.45, 2.75) is 63.1 Å². The van der Waals surface area contributed by atoms with E-state index in [0.717, 1.165) is 11.1 Å². The molecule has 206 valence electrons. The van der Waals surface area contributed by atoms with Crippen molar-refractivity contribution < 1.29 is 19.5 Å². The van der Waals surface area contributed by atoms with Gasteiger partial charge < -0.3 is 38.7 Å². The van der Waals surface area contributed by atoms with E-state index in [4.69, 9.17) is 22.9 Å². The highest BCUT2D eigenvalue weighted by molar-refractivity contribution is 5.90. The Bertz CT molecular complexity index is 1060. The average molecular weight is 526 g/mol. The van der Waals surface area contributed by atoms with E-state index < -0.39 is 23.9 Å². The van der Waals surface area contributed by atoms with Crippen LogP contribution in [-0.4, -0.2) is 53.5 Å². The molecule has 11 nitrogen and oxygen atoms in total. The highest BCUT2D eigenvalue weighted by atomic mass is 16.3. The van der Waals surface area contributed by atoms with E-state index in [1.807, 2.05) is 30.3 Å². The van der Waals surface area contributed by atoms with Crippen molar-refractivity contribution in [2.75, 3.05) is 6.54 Å². The summed E-state index contributed by atoms with van der Waals surface area (Å²) in [6.07, 6.45) is 2.81. The van der Waals surface area contributed by atoms with Crippen LogP contribution in [0.1, 0.15) is 43.2 Å². The Morgan fingerprint density at radius 3 is 2.11 bits per heavy atom. The summed E-state index contributed by atoms with van der Waals surface area (Å²) in [6.45, 7) is 0.299. The Morgan fingerprint density at radius 1 is 0.816 bits per heavy atom. The third kappa shape index (κ3) is 11.7. The number of benzene rings is 2. The minimum Gasteiger partial charge on any atom is -0.508 e. The predicted octanol–water partition coefficient (Wildman–Crippen LogP) is 0.184. The van der Waals surface area contributed by atoms with E-state index in [9.17, 15) is 19.5 Å². The Morgan fingerprint density at radius 2 is 1.47 bits per heavy atom. The number of guanidine groups is 1. The number of nitrogens with zero attached hydrogens (tertiary/aromatic N) is 1. The van der Waals surface area contributed by atoms with Gasteiger partial charge in [-0.3, -0.25) is 19.4 Å². The zero-order chi connectivity index (χ0) is 27.9. The summed E-state index contributed by atoms with van der Waals surface area (Å²) in [4.78, 5) is 41.4. The zero-order valence-electron chi connectivity index (χ0n) is 21.5.